The van der Waals surface area contributed by atoms with E-state index < -0.39 is 20.8 Å². The van der Waals surface area contributed by atoms with E-state index in [9.17, 15) is 0 Å². The first kappa shape index (κ1) is 58.1. The van der Waals surface area contributed by atoms with E-state index in [0.717, 1.165) is 9.52 Å². The molecule has 6 aromatic carbocycles. The summed E-state index contributed by atoms with van der Waals surface area (Å²) in [5.74, 6) is 2.17. The fraction of sp³-hybridized carbons (Fsp3) is 0.516. The molecule has 4 heteroatoms. The second-order valence-corrected chi connectivity index (χ2v) is 28.5. The molecule has 0 aliphatic rings. The predicted molar refractivity (Wildman–Crippen MR) is 300 cm³/mol. The van der Waals surface area contributed by atoms with Gasteiger partial charge in [0, 0.05) is 9.52 Å². The van der Waals surface area contributed by atoms with Gasteiger partial charge >= 0.3 is 37.9 Å². The molecule has 2 radical (unpaired) electrons. The van der Waals surface area contributed by atoms with Crippen LogP contribution in [-0.2, 0) is 42.5 Å². The van der Waals surface area contributed by atoms with Gasteiger partial charge < -0.3 is 0 Å². The van der Waals surface area contributed by atoms with Gasteiger partial charge in [0.1, 0.15) is 0 Å². The Balaban J connectivity index is 0.000000313. The maximum atomic E-state index is 4.93. The minimum atomic E-state index is -0.826. The first-order valence-corrected chi connectivity index (χ1v) is 33.2. The third-order valence-corrected chi connectivity index (χ3v) is 13.4. The molecule has 0 aliphatic heterocycles. The molecule has 0 heterocycles. The first-order valence-electron chi connectivity index (χ1n) is 24.8. The molecule has 0 spiro atoms. The number of hydrogen-bond acceptors (Lipinski definition) is 0. The number of halogens is 2. The molecular weight excluding hydrogens is 935 g/mol. The van der Waals surface area contributed by atoms with Crippen molar-refractivity contribution in [1.29, 1.82) is 0 Å². The molecule has 358 valence electrons. The summed E-state index contributed by atoms with van der Waals surface area (Å²) >= 11 is -0.826. The molecule has 0 nitrogen and oxygen atoms in total. The second kappa shape index (κ2) is 24.1. The van der Waals surface area contributed by atoms with E-state index >= 15 is 0 Å². The first-order chi connectivity index (χ1) is 30.5. The van der Waals surface area contributed by atoms with Crippen LogP contribution in [0.25, 0.3) is 43.8 Å². The Labute approximate surface area is 427 Å². The molecule has 0 saturated heterocycles. The molecule has 0 aromatic heterocycles. The third kappa shape index (κ3) is 14.9. The molecular formula is C62H88Cl2SiZr. The number of fused-ring (bicyclic) bond motifs is 2. The Morgan fingerprint density at radius 2 is 0.727 bits per heavy atom. The quantitative estimate of drug-likeness (QED) is 0.105. The summed E-state index contributed by atoms with van der Waals surface area (Å²) in [7, 11) is 11.0. The van der Waals surface area contributed by atoms with Crippen molar-refractivity contribution in [2.24, 2.45) is 0 Å². The van der Waals surface area contributed by atoms with E-state index in [1.54, 1.807) is 0 Å². The average molecular weight is 1020 g/mol. The van der Waals surface area contributed by atoms with Crippen LogP contribution in [0.2, 0.25) is 13.1 Å². The van der Waals surface area contributed by atoms with Crippen molar-refractivity contribution in [3.8, 4) is 22.3 Å². The molecule has 0 saturated carbocycles. The number of rotatable bonds is 8. The van der Waals surface area contributed by atoms with Gasteiger partial charge in [0.25, 0.3) is 0 Å². The summed E-state index contributed by atoms with van der Waals surface area (Å²) in [6, 6.07) is 33.8. The number of hydrogen-bond donors (Lipinski definition) is 0. The fourth-order valence-electron chi connectivity index (χ4n) is 8.57. The van der Waals surface area contributed by atoms with Crippen molar-refractivity contribution < 1.29 is 20.8 Å². The van der Waals surface area contributed by atoms with Crippen molar-refractivity contribution in [2.45, 2.75) is 210 Å². The summed E-state index contributed by atoms with van der Waals surface area (Å²) in [5.41, 5.74) is 17.6. The van der Waals surface area contributed by atoms with E-state index in [1.807, 2.05) is 0 Å². The van der Waals surface area contributed by atoms with Crippen molar-refractivity contribution in [2.75, 3.05) is 0 Å². The standard InChI is InChI=1S/2C30H41.C2H6Si.2ClH.Zr/c2*1-11-20(4)22-14-21-12-13-26(19(2)3)28(27(21)17-22)23-15-24(29(5,6)7)18-25(16-23)30(8,9)10;1-3-2;;;/h2*12-20H,11H2,1-10H3;1-2H3;2*1H;/q2*-1;;;;+4/p-2. The normalized spacial score (nSPS) is 13.1. The maximum absolute atomic E-state index is 4.93. The van der Waals surface area contributed by atoms with Gasteiger partial charge in [-0.2, -0.15) is 12.1 Å². The van der Waals surface area contributed by atoms with Gasteiger partial charge in [-0.25, -0.2) is 0 Å². The summed E-state index contributed by atoms with van der Waals surface area (Å²) < 4.78 is 0. The van der Waals surface area contributed by atoms with E-state index in [0.29, 0.717) is 23.7 Å². The molecule has 0 amide bonds. The SMILES string of the molecule is CCC(C)c1cc2c(-c3cc(C(C)(C)C)cc(C(C)(C)C)c3)c(C(C)C)ccc2[cH-]1.CCC(C)c1cc2c(-c3cc(C(C)(C)C)cc(C(C)(C)C)c3)c(C(C)C)ccc2[cH-]1.C[Si]C.[Cl][Zr+2][Cl]. The van der Waals surface area contributed by atoms with E-state index in [2.05, 4.69) is 236 Å². The molecule has 0 bridgehead atoms. The minimum absolute atomic E-state index is 0.121. The zero-order valence-electron chi connectivity index (χ0n) is 45.6. The molecule has 0 N–H and O–H groups in total. The molecule has 2 unspecified atom stereocenters. The van der Waals surface area contributed by atoms with Crippen LogP contribution in [0.4, 0.5) is 0 Å². The molecule has 66 heavy (non-hydrogen) atoms. The van der Waals surface area contributed by atoms with Crippen LogP contribution < -0.4 is 0 Å². The zero-order valence-corrected chi connectivity index (χ0v) is 50.5. The van der Waals surface area contributed by atoms with Gasteiger partial charge in [-0.15, -0.1) is 69.1 Å². The van der Waals surface area contributed by atoms with E-state index in [4.69, 9.17) is 17.0 Å². The zero-order chi connectivity index (χ0) is 50.3. The molecule has 0 aliphatic carbocycles. The van der Waals surface area contributed by atoms with Crippen LogP contribution >= 0.6 is 17.0 Å². The molecule has 6 aromatic rings. The van der Waals surface area contributed by atoms with Gasteiger partial charge in [0.05, 0.1) is 0 Å². The second-order valence-electron chi connectivity index (χ2n) is 23.7. The Morgan fingerprint density at radius 1 is 0.470 bits per heavy atom. The van der Waals surface area contributed by atoms with Gasteiger partial charge in [-0.3, -0.25) is 0 Å². The molecule has 2 atom stereocenters. The van der Waals surface area contributed by atoms with Crippen LogP contribution in [0.3, 0.4) is 0 Å². The molecule has 6 rings (SSSR count). The summed E-state index contributed by atoms with van der Waals surface area (Å²) in [6.45, 7) is 50.7. The van der Waals surface area contributed by atoms with Gasteiger partial charge in [-0.1, -0.05) is 223 Å². The van der Waals surface area contributed by atoms with Crippen LogP contribution in [0.1, 0.15) is 219 Å². The van der Waals surface area contributed by atoms with Gasteiger partial charge in [0.15, 0.2) is 0 Å². The van der Waals surface area contributed by atoms with Crippen molar-refractivity contribution in [3.05, 3.63) is 129 Å². The Bertz CT molecular complexity index is 2220. The average Bonchev–Trinajstić information content (AvgIpc) is 3.87. The predicted octanol–water partition coefficient (Wildman–Crippen LogP) is 21.1. The van der Waals surface area contributed by atoms with Crippen molar-refractivity contribution in [3.63, 3.8) is 0 Å². The molecule has 0 fully saturated rings. The van der Waals surface area contributed by atoms with Crippen LogP contribution in [-0.4, -0.2) is 9.52 Å². The van der Waals surface area contributed by atoms with Gasteiger partial charge in [-0.05, 0) is 78.7 Å². The van der Waals surface area contributed by atoms with Crippen molar-refractivity contribution >= 4 is 48.1 Å². The third-order valence-electron chi connectivity index (χ3n) is 13.4. The van der Waals surface area contributed by atoms with Gasteiger partial charge in [0.2, 0.25) is 0 Å². The van der Waals surface area contributed by atoms with Crippen LogP contribution in [0, 0.1) is 0 Å². The topological polar surface area (TPSA) is 0 Å². The summed E-state index contributed by atoms with van der Waals surface area (Å²) in [6.07, 6.45) is 2.35. The van der Waals surface area contributed by atoms with Crippen LogP contribution in [0.5, 0.6) is 0 Å². The summed E-state index contributed by atoms with van der Waals surface area (Å²) in [5, 5.41) is 5.59. The Morgan fingerprint density at radius 3 is 0.939 bits per heavy atom. The fourth-order valence-corrected chi connectivity index (χ4v) is 8.57. The van der Waals surface area contributed by atoms with E-state index in [1.165, 1.54) is 101 Å². The number of benzene rings is 4. The summed E-state index contributed by atoms with van der Waals surface area (Å²) in [4.78, 5) is 0. The Hall–Kier alpha value is -2.22. The van der Waals surface area contributed by atoms with Crippen LogP contribution in [0.15, 0.2) is 84.9 Å². The van der Waals surface area contributed by atoms with Crippen molar-refractivity contribution in [1.82, 2.24) is 0 Å². The van der Waals surface area contributed by atoms with E-state index in [-0.39, 0.29) is 21.7 Å². The monoisotopic (exact) mass is 1020 g/mol. The Kier molecular flexibility index (Phi) is 21.2.